The minimum absolute atomic E-state index is 0.0459. The van der Waals surface area contributed by atoms with E-state index in [1.807, 2.05) is 42.5 Å². The van der Waals surface area contributed by atoms with Crippen molar-refractivity contribution in [2.75, 3.05) is 0 Å². The Kier molecular flexibility index (Phi) is 4.15. The summed E-state index contributed by atoms with van der Waals surface area (Å²) in [4.78, 5) is 4.46. The summed E-state index contributed by atoms with van der Waals surface area (Å²) in [6.45, 7) is -0.465. The van der Waals surface area contributed by atoms with Crippen LogP contribution in [0.15, 0.2) is 72.9 Å². The van der Waals surface area contributed by atoms with Gasteiger partial charge >= 0.3 is 0 Å². The molecule has 22 heavy (non-hydrogen) atoms. The molecule has 1 atom stereocenters. The second kappa shape index (κ2) is 6.39. The number of hydrogen-bond acceptors (Lipinski definition) is 2. The topological polar surface area (TPSA) is 33.1 Å². The van der Waals surface area contributed by atoms with Crippen LogP contribution in [0, 0.1) is 0 Å². The molecule has 110 valence electrons. The van der Waals surface area contributed by atoms with Gasteiger partial charge in [-0.15, -0.1) is 0 Å². The quantitative estimate of drug-likeness (QED) is 0.771. The first-order valence-corrected chi connectivity index (χ1v) is 7.12. The van der Waals surface area contributed by atoms with E-state index in [4.69, 9.17) is 0 Å². The van der Waals surface area contributed by atoms with Gasteiger partial charge in [-0.3, -0.25) is 4.98 Å². The molecule has 1 unspecified atom stereocenters. The molecule has 3 rings (SSSR count). The van der Waals surface area contributed by atoms with Gasteiger partial charge in [-0.1, -0.05) is 42.5 Å². The standard InChI is InChI=1S/C19H16FNO/c20-13-14-4-6-15(7-5-14)19(18-3-1-2-12-21-18)16-8-10-17(22)11-9-16/h1-12,19,22H,13H2. The van der Waals surface area contributed by atoms with Crippen LogP contribution in [0.5, 0.6) is 5.75 Å². The van der Waals surface area contributed by atoms with E-state index in [0.717, 1.165) is 16.8 Å². The average molecular weight is 293 g/mol. The number of rotatable bonds is 4. The maximum absolute atomic E-state index is 12.7. The first-order chi connectivity index (χ1) is 10.8. The maximum atomic E-state index is 12.7. The Morgan fingerprint density at radius 1 is 0.864 bits per heavy atom. The van der Waals surface area contributed by atoms with Crippen LogP contribution in [0.3, 0.4) is 0 Å². The first kappa shape index (κ1) is 14.3. The number of nitrogens with zero attached hydrogens (tertiary/aromatic N) is 1. The summed E-state index contributed by atoms with van der Waals surface area (Å²) in [6, 6.07) is 20.4. The summed E-state index contributed by atoms with van der Waals surface area (Å²) in [5.41, 5.74) is 3.65. The van der Waals surface area contributed by atoms with Crippen molar-refractivity contribution < 1.29 is 9.50 Å². The predicted molar refractivity (Wildman–Crippen MR) is 84.5 cm³/mol. The van der Waals surface area contributed by atoms with Crippen molar-refractivity contribution in [1.29, 1.82) is 0 Å². The molecule has 0 saturated heterocycles. The third-order valence-corrected chi connectivity index (χ3v) is 3.68. The molecule has 1 heterocycles. The van der Waals surface area contributed by atoms with Crippen molar-refractivity contribution in [2.45, 2.75) is 12.6 Å². The normalized spacial score (nSPS) is 12.0. The van der Waals surface area contributed by atoms with E-state index in [9.17, 15) is 9.50 Å². The Bertz CT molecular complexity index is 724. The minimum Gasteiger partial charge on any atom is -0.508 e. The summed E-state index contributed by atoms with van der Waals surface area (Å²) < 4.78 is 12.7. The lowest BCUT2D eigenvalue weighted by Gasteiger charge is -2.18. The Hall–Kier alpha value is -2.68. The molecule has 0 aliphatic heterocycles. The summed E-state index contributed by atoms with van der Waals surface area (Å²) in [7, 11) is 0. The molecule has 0 aliphatic carbocycles. The lowest BCUT2D eigenvalue weighted by atomic mass is 9.87. The highest BCUT2D eigenvalue weighted by atomic mass is 19.1. The molecule has 0 aliphatic rings. The van der Waals surface area contributed by atoms with E-state index in [-0.39, 0.29) is 11.7 Å². The smallest absolute Gasteiger partial charge is 0.115 e. The zero-order valence-corrected chi connectivity index (χ0v) is 12.0. The third-order valence-electron chi connectivity index (χ3n) is 3.68. The molecule has 1 N–H and O–H groups in total. The van der Waals surface area contributed by atoms with Crippen LogP contribution < -0.4 is 0 Å². The SMILES string of the molecule is Oc1ccc(C(c2ccc(CF)cc2)c2ccccn2)cc1. The number of benzene rings is 2. The van der Waals surface area contributed by atoms with Crippen LogP contribution in [0.4, 0.5) is 4.39 Å². The van der Waals surface area contributed by atoms with E-state index < -0.39 is 6.67 Å². The van der Waals surface area contributed by atoms with Gasteiger partial charge in [0.25, 0.3) is 0 Å². The van der Waals surface area contributed by atoms with E-state index in [2.05, 4.69) is 4.98 Å². The summed E-state index contributed by atoms with van der Waals surface area (Å²) in [6.07, 6.45) is 1.76. The van der Waals surface area contributed by atoms with Crippen molar-refractivity contribution >= 4 is 0 Å². The number of hydrogen-bond donors (Lipinski definition) is 1. The van der Waals surface area contributed by atoms with Gasteiger partial charge in [-0.05, 0) is 41.0 Å². The van der Waals surface area contributed by atoms with E-state index in [1.165, 1.54) is 0 Å². The molecule has 1 aromatic heterocycles. The van der Waals surface area contributed by atoms with Gasteiger partial charge in [0.15, 0.2) is 0 Å². The van der Waals surface area contributed by atoms with Crippen molar-refractivity contribution in [3.63, 3.8) is 0 Å². The molecular weight excluding hydrogens is 277 g/mol. The number of alkyl halides is 1. The summed E-state index contributed by atoms with van der Waals surface area (Å²) >= 11 is 0. The Morgan fingerprint density at radius 2 is 1.50 bits per heavy atom. The van der Waals surface area contributed by atoms with Crippen molar-refractivity contribution in [3.8, 4) is 5.75 Å². The third kappa shape index (κ3) is 2.98. The molecule has 2 aromatic carbocycles. The number of phenolic OH excluding ortho intramolecular Hbond substituents is 1. The second-order valence-electron chi connectivity index (χ2n) is 5.15. The van der Waals surface area contributed by atoms with Gasteiger partial charge in [-0.2, -0.15) is 0 Å². The monoisotopic (exact) mass is 293 g/mol. The van der Waals surface area contributed by atoms with Crippen LogP contribution in [0.2, 0.25) is 0 Å². The zero-order chi connectivity index (χ0) is 15.4. The van der Waals surface area contributed by atoms with E-state index >= 15 is 0 Å². The molecule has 3 aromatic rings. The maximum Gasteiger partial charge on any atom is 0.115 e. The summed E-state index contributed by atoms with van der Waals surface area (Å²) in [5.74, 6) is 0.187. The zero-order valence-electron chi connectivity index (χ0n) is 12.0. The fourth-order valence-corrected chi connectivity index (χ4v) is 2.55. The van der Waals surface area contributed by atoms with Crippen LogP contribution in [0.25, 0.3) is 0 Å². The molecule has 2 nitrogen and oxygen atoms in total. The number of halogens is 1. The molecule has 0 saturated carbocycles. The molecule has 3 heteroatoms. The Labute approximate surface area is 128 Å². The fourth-order valence-electron chi connectivity index (χ4n) is 2.55. The van der Waals surface area contributed by atoms with Gasteiger partial charge in [0.2, 0.25) is 0 Å². The average Bonchev–Trinajstić information content (AvgIpc) is 2.58. The predicted octanol–water partition coefficient (Wildman–Crippen LogP) is 4.44. The highest BCUT2D eigenvalue weighted by molar-refractivity contribution is 5.42. The second-order valence-corrected chi connectivity index (χ2v) is 5.15. The molecule has 0 bridgehead atoms. The fraction of sp³-hybridized carbons (Fsp3) is 0.105. The van der Waals surface area contributed by atoms with Crippen LogP contribution in [-0.2, 0) is 6.67 Å². The van der Waals surface area contributed by atoms with E-state index in [1.54, 1.807) is 30.5 Å². The molecule has 0 spiro atoms. The Balaban J connectivity index is 2.07. The Morgan fingerprint density at radius 3 is 2.05 bits per heavy atom. The number of aromatic hydroxyl groups is 1. The molecule has 0 fully saturated rings. The number of pyridine rings is 1. The van der Waals surface area contributed by atoms with Crippen LogP contribution >= 0.6 is 0 Å². The molecular formula is C19H16FNO. The highest BCUT2D eigenvalue weighted by Crippen LogP contribution is 2.31. The van der Waals surface area contributed by atoms with Gasteiger partial charge in [-0.25, -0.2) is 4.39 Å². The van der Waals surface area contributed by atoms with Gasteiger partial charge in [0.1, 0.15) is 12.4 Å². The van der Waals surface area contributed by atoms with Crippen LogP contribution in [0.1, 0.15) is 28.3 Å². The van der Waals surface area contributed by atoms with Crippen LogP contribution in [-0.4, -0.2) is 10.1 Å². The lowest BCUT2D eigenvalue weighted by molar-refractivity contribution is 0.475. The summed E-state index contributed by atoms with van der Waals surface area (Å²) in [5, 5.41) is 9.49. The lowest BCUT2D eigenvalue weighted by Crippen LogP contribution is -2.05. The van der Waals surface area contributed by atoms with Crippen molar-refractivity contribution in [1.82, 2.24) is 4.98 Å². The number of phenols is 1. The first-order valence-electron chi connectivity index (χ1n) is 7.12. The highest BCUT2D eigenvalue weighted by Gasteiger charge is 2.17. The van der Waals surface area contributed by atoms with Gasteiger partial charge < -0.3 is 5.11 Å². The van der Waals surface area contributed by atoms with Gasteiger partial charge in [0, 0.05) is 6.20 Å². The largest absolute Gasteiger partial charge is 0.508 e. The number of aromatic nitrogens is 1. The van der Waals surface area contributed by atoms with Crippen molar-refractivity contribution in [2.24, 2.45) is 0 Å². The van der Waals surface area contributed by atoms with Gasteiger partial charge in [0.05, 0.1) is 11.6 Å². The minimum atomic E-state index is -0.465. The molecule has 0 radical (unpaired) electrons. The van der Waals surface area contributed by atoms with E-state index in [0.29, 0.717) is 5.56 Å². The molecule has 0 amide bonds. The van der Waals surface area contributed by atoms with Crippen molar-refractivity contribution in [3.05, 3.63) is 95.3 Å².